The lowest BCUT2D eigenvalue weighted by atomic mass is 10.1. The van der Waals surface area contributed by atoms with Crippen molar-refractivity contribution in [1.29, 1.82) is 0 Å². The van der Waals surface area contributed by atoms with E-state index < -0.39 is 5.97 Å². The molecule has 0 bridgehead atoms. The molecule has 21 heavy (non-hydrogen) atoms. The number of hydrogen-bond donors (Lipinski definition) is 1. The van der Waals surface area contributed by atoms with Gasteiger partial charge in [0.25, 0.3) is 0 Å². The normalized spacial score (nSPS) is 13.0. The van der Waals surface area contributed by atoms with Gasteiger partial charge in [0.15, 0.2) is 0 Å². The highest BCUT2D eigenvalue weighted by Gasteiger charge is 2.21. The van der Waals surface area contributed by atoms with Gasteiger partial charge in [-0.3, -0.25) is 0 Å². The van der Waals surface area contributed by atoms with Crippen molar-refractivity contribution in [1.82, 2.24) is 4.98 Å². The lowest BCUT2D eigenvalue weighted by Gasteiger charge is -2.11. The summed E-state index contributed by atoms with van der Waals surface area (Å²) in [6, 6.07) is 8.99. The minimum atomic E-state index is -1.02. The molecule has 108 valence electrons. The van der Waals surface area contributed by atoms with Gasteiger partial charge in [-0.25, -0.2) is 9.78 Å². The molecule has 1 N–H and O–H groups in total. The van der Waals surface area contributed by atoms with Gasteiger partial charge in [-0.05, 0) is 37.0 Å². The molecule has 4 nitrogen and oxygen atoms in total. The minimum absolute atomic E-state index is 0.114. The summed E-state index contributed by atoms with van der Waals surface area (Å²) in [7, 11) is 0. The molecule has 0 aliphatic heterocycles. The third kappa shape index (κ3) is 2.85. The number of aromatic nitrogens is 1. The van der Waals surface area contributed by atoms with Crippen molar-refractivity contribution >= 4 is 17.6 Å². The second-order valence-corrected chi connectivity index (χ2v) is 5.39. The highest BCUT2D eigenvalue weighted by Crippen LogP contribution is 2.27. The third-order valence-corrected chi connectivity index (χ3v) is 3.94. The van der Waals surface area contributed by atoms with Crippen molar-refractivity contribution in [3.05, 3.63) is 57.7 Å². The molecule has 1 aromatic carbocycles. The van der Waals surface area contributed by atoms with Crippen LogP contribution in [0.3, 0.4) is 0 Å². The lowest BCUT2D eigenvalue weighted by Crippen LogP contribution is -2.08. The summed E-state index contributed by atoms with van der Waals surface area (Å²) >= 11 is 6.07. The average Bonchev–Trinajstić information content (AvgIpc) is 2.92. The molecule has 0 unspecified atom stereocenters. The quantitative estimate of drug-likeness (QED) is 0.939. The number of benzene rings is 1. The molecule has 0 spiro atoms. The summed E-state index contributed by atoms with van der Waals surface area (Å²) in [6.07, 6.45) is 2.76. The van der Waals surface area contributed by atoms with Crippen molar-refractivity contribution < 1.29 is 14.6 Å². The lowest BCUT2D eigenvalue weighted by molar-refractivity contribution is 0.0690. The van der Waals surface area contributed by atoms with E-state index in [1.165, 1.54) is 0 Å². The van der Waals surface area contributed by atoms with Crippen LogP contribution >= 0.6 is 11.6 Å². The molecule has 0 amide bonds. The first-order valence-corrected chi connectivity index (χ1v) is 7.15. The number of hydrogen-bond acceptors (Lipinski definition) is 3. The second-order valence-electron chi connectivity index (χ2n) is 4.99. The molecule has 5 heteroatoms. The molecule has 2 aromatic rings. The Morgan fingerprint density at radius 3 is 2.90 bits per heavy atom. The predicted molar refractivity (Wildman–Crippen MR) is 79.0 cm³/mol. The predicted octanol–water partition coefficient (Wildman–Crippen LogP) is 3.50. The number of rotatable bonds is 4. The van der Waals surface area contributed by atoms with Gasteiger partial charge in [0.2, 0.25) is 5.88 Å². The van der Waals surface area contributed by atoms with Crippen molar-refractivity contribution in [2.75, 3.05) is 0 Å². The van der Waals surface area contributed by atoms with Crippen molar-refractivity contribution in [3.63, 3.8) is 0 Å². The molecule has 1 heterocycles. The highest BCUT2D eigenvalue weighted by molar-refractivity contribution is 6.31. The first-order valence-electron chi connectivity index (χ1n) is 6.77. The molecule has 0 saturated heterocycles. The monoisotopic (exact) mass is 303 g/mol. The van der Waals surface area contributed by atoms with Gasteiger partial charge in [0.05, 0.1) is 0 Å². The van der Waals surface area contributed by atoms with Gasteiger partial charge in [-0.15, -0.1) is 0 Å². The van der Waals surface area contributed by atoms with Crippen LogP contribution in [0, 0.1) is 0 Å². The Bertz CT molecular complexity index is 700. The van der Waals surface area contributed by atoms with E-state index in [1.807, 2.05) is 18.2 Å². The Labute approximate surface area is 127 Å². The zero-order valence-corrected chi connectivity index (χ0v) is 12.1. The molecule has 0 atom stereocenters. The molecular weight excluding hydrogens is 290 g/mol. The number of nitrogens with zero attached hydrogens (tertiary/aromatic N) is 1. The fourth-order valence-corrected chi connectivity index (χ4v) is 2.67. The van der Waals surface area contributed by atoms with E-state index in [0.29, 0.717) is 5.02 Å². The molecule has 0 saturated carbocycles. The summed E-state index contributed by atoms with van der Waals surface area (Å²) in [4.78, 5) is 15.7. The molecule has 0 fully saturated rings. The van der Waals surface area contributed by atoms with Gasteiger partial charge in [0.1, 0.15) is 12.2 Å². The fraction of sp³-hybridized carbons (Fsp3) is 0.250. The SMILES string of the molecule is O=C(O)c1cc2c(nc1OCc1ccccc1Cl)CCC2. The largest absolute Gasteiger partial charge is 0.477 e. The Morgan fingerprint density at radius 1 is 1.33 bits per heavy atom. The van der Waals surface area contributed by atoms with Gasteiger partial charge in [0, 0.05) is 16.3 Å². The van der Waals surface area contributed by atoms with Gasteiger partial charge < -0.3 is 9.84 Å². The van der Waals surface area contributed by atoms with E-state index in [9.17, 15) is 9.90 Å². The minimum Gasteiger partial charge on any atom is -0.477 e. The molecule has 1 aliphatic carbocycles. The number of aromatic carboxylic acids is 1. The number of pyridine rings is 1. The first-order chi connectivity index (χ1) is 10.1. The van der Waals surface area contributed by atoms with Crippen LogP contribution in [-0.4, -0.2) is 16.1 Å². The van der Waals surface area contributed by atoms with Crippen molar-refractivity contribution in [2.24, 2.45) is 0 Å². The van der Waals surface area contributed by atoms with Crippen LogP contribution in [-0.2, 0) is 19.4 Å². The third-order valence-electron chi connectivity index (χ3n) is 3.57. The summed E-state index contributed by atoms with van der Waals surface area (Å²) in [5.74, 6) is -0.852. The number of ether oxygens (including phenoxy) is 1. The summed E-state index contributed by atoms with van der Waals surface area (Å²) in [6.45, 7) is 0.200. The van der Waals surface area contributed by atoms with Crippen molar-refractivity contribution in [3.8, 4) is 5.88 Å². The van der Waals surface area contributed by atoms with E-state index >= 15 is 0 Å². The van der Waals surface area contributed by atoms with Crippen LogP contribution in [0.25, 0.3) is 0 Å². The molecular formula is C16H14ClNO3. The maximum absolute atomic E-state index is 11.4. The number of carboxylic acid groups (broad SMARTS) is 1. The van der Waals surface area contributed by atoms with Gasteiger partial charge >= 0.3 is 5.97 Å². The molecule has 3 rings (SSSR count). The van der Waals surface area contributed by atoms with Gasteiger partial charge in [-0.2, -0.15) is 0 Å². The Morgan fingerprint density at radius 2 is 2.14 bits per heavy atom. The van der Waals surface area contributed by atoms with Crippen LogP contribution in [0.1, 0.15) is 33.6 Å². The maximum Gasteiger partial charge on any atom is 0.341 e. The van der Waals surface area contributed by atoms with Crippen LogP contribution in [0.2, 0.25) is 5.02 Å². The average molecular weight is 304 g/mol. The summed E-state index contributed by atoms with van der Waals surface area (Å²) < 4.78 is 5.61. The number of fused-ring (bicyclic) bond motifs is 1. The smallest absolute Gasteiger partial charge is 0.341 e. The Kier molecular flexibility index (Phi) is 3.80. The number of halogens is 1. The molecule has 1 aromatic heterocycles. The number of carbonyl (C=O) groups is 1. The standard InChI is InChI=1S/C16H14ClNO3/c17-13-6-2-1-4-11(13)9-21-15-12(16(19)20)8-10-5-3-7-14(10)18-15/h1-2,4,6,8H,3,5,7,9H2,(H,19,20). The second kappa shape index (κ2) is 5.74. The zero-order chi connectivity index (χ0) is 14.8. The number of carboxylic acids is 1. The van der Waals surface area contributed by atoms with Crippen LogP contribution in [0.15, 0.2) is 30.3 Å². The van der Waals surface area contributed by atoms with E-state index in [2.05, 4.69) is 4.98 Å². The topological polar surface area (TPSA) is 59.4 Å². The van der Waals surface area contributed by atoms with Gasteiger partial charge in [-0.1, -0.05) is 29.8 Å². The van der Waals surface area contributed by atoms with Crippen molar-refractivity contribution in [2.45, 2.75) is 25.9 Å². The molecule has 1 aliphatic rings. The summed E-state index contributed by atoms with van der Waals surface area (Å²) in [5, 5.41) is 9.90. The Balaban J connectivity index is 1.88. The molecule has 0 radical (unpaired) electrons. The van der Waals surface area contributed by atoms with Crippen LogP contribution in [0.5, 0.6) is 5.88 Å². The van der Waals surface area contributed by atoms with E-state index in [0.717, 1.165) is 36.1 Å². The highest BCUT2D eigenvalue weighted by atomic mass is 35.5. The van der Waals surface area contributed by atoms with Crippen LogP contribution in [0.4, 0.5) is 0 Å². The maximum atomic E-state index is 11.4. The van der Waals surface area contributed by atoms with Crippen LogP contribution < -0.4 is 4.74 Å². The van der Waals surface area contributed by atoms with E-state index in [1.54, 1.807) is 12.1 Å². The number of aryl methyl sites for hydroxylation is 2. The first kappa shape index (κ1) is 13.9. The van der Waals surface area contributed by atoms with E-state index in [4.69, 9.17) is 16.3 Å². The Hall–Kier alpha value is -2.07. The zero-order valence-electron chi connectivity index (χ0n) is 11.3. The summed E-state index contributed by atoms with van der Waals surface area (Å²) in [5.41, 5.74) is 2.87. The van der Waals surface area contributed by atoms with E-state index in [-0.39, 0.29) is 18.1 Å². The fourth-order valence-electron chi connectivity index (χ4n) is 2.48.